The molecule has 0 aliphatic heterocycles. The zero-order valence-electron chi connectivity index (χ0n) is 17.2. The first-order valence-electron chi connectivity index (χ1n) is 9.00. The summed E-state index contributed by atoms with van der Waals surface area (Å²) < 4.78 is 22.6. The predicted octanol–water partition coefficient (Wildman–Crippen LogP) is 2.72. The standard InChI is InChI=1S/C19H34N4O2S.HI/c1-15(12-13-26(6,24)25)22-18(20-5)21-14-19(3,4)23-16(2)17-10-8-7-9-11-17;/h7-11,15-16,23H,12-14H2,1-6H3,(H2,20,21,22);1H. The van der Waals surface area contributed by atoms with Crippen molar-refractivity contribution in [3.05, 3.63) is 35.9 Å². The Labute approximate surface area is 181 Å². The Morgan fingerprint density at radius 3 is 2.30 bits per heavy atom. The van der Waals surface area contributed by atoms with Crippen molar-refractivity contribution in [2.45, 2.75) is 51.7 Å². The Hall–Kier alpha value is -0.870. The van der Waals surface area contributed by atoms with Gasteiger partial charge in [0.25, 0.3) is 0 Å². The minimum Gasteiger partial charge on any atom is -0.355 e. The number of nitrogens with zero attached hydrogens (tertiary/aromatic N) is 1. The molecule has 0 aliphatic carbocycles. The van der Waals surface area contributed by atoms with E-state index in [1.54, 1.807) is 7.05 Å². The molecule has 0 saturated carbocycles. The van der Waals surface area contributed by atoms with E-state index >= 15 is 0 Å². The van der Waals surface area contributed by atoms with E-state index in [9.17, 15) is 8.42 Å². The molecule has 1 rings (SSSR count). The Morgan fingerprint density at radius 2 is 1.78 bits per heavy atom. The second-order valence-electron chi connectivity index (χ2n) is 7.55. The van der Waals surface area contributed by atoms with E-state index in [1.165, 1.54) is 11.8 Å². The van der Waals surface area contributed by atoms with Crippen LogP contribution in [-0.4, -0.2) is 51.6 Å². The molecule has 0 saturated heterocycles. The van der Waals surface area contributed by atoms with E-state index < -0.39 is 9.84 Å². The van der Waals surface area contributed by atoms with Crippen molar-refractivity contribution in [1.82, 2.24) is 16.0 Å². The molecule has 1 aromatic rings. The van der Waals surface area contributed by atoms with Gasteiger partial charge in [0.15, 0.2) is 5.96 Å². The molecule has 2 unspecified atom stereocenters. The first-order chi connectivity index (χ1) is 12.0. The van der Waals surface area contributed by atoms with E-state index in [0.29, 0.717) is 18.9 Å². The highest BCUT2D eigenvalue weighted by Gasteiger charge is 2.21. The highest BCUT2D eigenvalue weighted by Crippen LogP contribution is 2.15. The van der Waals surface area contributed by atoms with Gasteiger partial charge in [-0.25, -0.2) is 8.42 Å². The van der Waals surface area contributed by atoms with Crippen molar-refractivity contribution in [3.63, 3.8) is 0 Å². The maximum absolute atomic E-state index is 11.3. The SMILES string of the molecule is CN=C(NCC(C)(C)NC(C)c1ccccc1)NC(C)CCS(C)(=O)=O.I. The van der Waals surface area contributed by atoms with Gasteiger partial charge in [0.2, 0.25) is 0 Å². The summed E-state index contributed by atoms with van der Waals surface area (Å²) in [6, 6.07) is 10.6. The maximum atomic E-state index is 11.3. The molecule has 0 aliphatic rings. The van der Waals surface area contributed by atoms with Gasteiger partial charge in [-0.15, -0.1) is 24.0 Å². The molecule has 6 nitrogen and oxygen atoms in total. The van der Waals surface area contributed by atoms with Crippen LogP contribution in [0.5, 0.6) is 0 Å². The number of hydrogen-bond acceptors (Lipinski definition) is 4. The maximum Gasteiger partial charge on any atom is 0.191 e. The molecular formula is C19H35IN4O2S. The Bertz CT molecular complexity index is 678. The van der Waals surface area contributed by atoms with Crippen LogP contribution >= 0.6 is 24.0 Å². The third-order valence-corrected chi connectivity index (χ3v) is 5.11. The van der Waals surface area contributed by atoms with Gasteiger partial charge in [-0.3, -0.25) is 4.99 Å². The molecule has 3 N–H and O–H groups in total. The summed E-state index contributed by atoms with van der Waals surface area (Å²) in [5.74, 6) is 0.841. The number of hydrogen-bond donors (Lipinski definition) is 3. The van der Waals surface area contributed by atoms with Crippen molar-refractivity contribution < 1.29 is 8.42 Å². The van der Waals surface area contributed by atoms with Crippen molar-refractivity contribution in [2.75, 3.05) is 25.6 Å². The quantitative estimate of drug-likeness (QED) is 0.271. The highest BCUT2D eigenvalue weighted by molar-refractivity contribution is 14.0. The van der Waals surface area contributed by atoms with Crippen molar-refractivity contribution in [3.8, 4) is 0 Å². The largest absolute Gasteiger partial charge is 0.355 e. The van der Waals surface area contributed by atoms with Crippen LogP contribution in [0.4, 0.5) is 0 Å². The number of benzene rings is 1. The predicted molar refractivity (Wildman–Crippen MR) is 126 cm³/mol. The smallest absolute Gasteiger partial charge is 0.191 e. The average molecular weight is 510 g/mol. The average Bonchev–Trinajstić information content (AvgIpc) is 2.56. The fourth-order valence-corrected chi connectivity index (χ4v) is 3.44. The second-order valence-corrected chi connectivity index (χ2v) is 9.81. The molecule has 0 heterocycles. The Balaban J connectivity index is 0.00000676. The molecule has 2 atom stereocenters. The summed E-state index contributed by atoms with van der Waals surface area (Å²) in [6.07, 6.45) is 1.81. The van der Waals surface area contributed by atoms with Crippen LogP contribution in [0.25, 0.3) is 0 Å². The minimum atomic E-state index is -2.95. The van der Waals surface area contributed by atoms with Gasteiger partial charge in [-0.1, -0.05) is 30.3 Å². The zero-order valence-corrected chi connectivity index (χ0v) is 20.4. The summed E-state index contributed by atoms with van der Waals surface area (Å²) in [5.41, 5.74) is 1.10. The molecule has 156 valence electrons. The number of halogens is 1. The molecule has 0 amide bonds. The number of aliphatic imine (C=N–C) groups is 1. The molecule has 8 heteroatoms. The van der Waals surface area contributed by atoms with Crippen molar-refractivity contribution >= 4 is 39.8 Å². The summed E-state index contributed by atoms with van der Waals surface area (Å²) >= 11 is 0. The highest BCUT2D eigenvalue weighted by atomic mass is 127. The lowest BCUT2D eigenvalue weighted by atomic mass is 10.0. The van der Waals surface area contributed by atoms with Crippen molar-refractivity contribution in [2.24, 2.45) is 4.99 Å². The van der Waals surface area contributed by atoms with E-state index in [4.69, 9.17) is 0 Å². The third kappa shape index (κ3) is 11.5. The number of guanidine groups is 1. The number of nitrogens with one attached hydrogen (secondary N) is 3. The van der Waals surface area contributed by atoms with Crippen LogP contribution < -0.4 is 16.0 Å². The summed E-state index contributed by atoms with van der Waals surface area (Å²) in [4.78, 5) is 4.23. The molecule has 0 radical (unpaired) electrons. The van der Waals surface area contributed by atoms with Gasteiger partial charge in [-0.05, 0) is 39.7 Å². The molecule has 0 spiro atoms. The summed E-state index contributed by atoms with van der Waals surface area (Å²) in [7, 11) is -1.23. The molecule has 27 heavy (non-hydrogen) atoms. The van der Waals surface area contributed by atoms with Crippen LogP contribution in [0.1, 0.15) is 45.7 Å². The minimum absolute atomic E-state index is 0. The van der Waals surface area contributed by atoms with Crippen molar-refractivity contribution in [1.29, 1.82) is 0 Å². The fraction of sp³-hybridized carbons (Fsp3) is 0.632. The summed E-state index contributed by atoms with van der Waals surface area (Å²) in [6.45, 7) is 9.07. The lowest BCUT2D eigenvalue weighted by Crippen LogP contribution is -2.53. The van der Waals surface area contributed by atoms with E-state index in [1.807, 2.05) is 25.1 Å². The summed E-state index contributed by atoms with van der Waals surface area (Å²) in [5, 5.41) is 10.2. The van der Waals surface area contributed by atoms with Gasteiger partial charge in [-0.2, -0.15) is 0 Å². The van der Waals surface area contributed by atoms with Crippen LogP contribution in [0.3, 0.4) is 0 Å². The molecule has 0 aromatic heterocycles. The second kappa shape index (κ2) is 11.9. The van der Waals surface area contributed by atoms with Gasteiger partial charge in [0, 0.05) is 37.5 Å². The third-order valence-electron chi connectivity index (χ3n) is 4.13. The first-order valence-corrected chi connectivity index (χ1v) is 11.1. The first kappa shape index (κ1) is 26.1. The topological polar surface area (TPSA) is 82.6 Å². The fourth-order valence-electron chi connectivity index (χ4n) is 2.66. The number of rotatable bonds is 9. The normalized spacial score (nSPS) is 14.8. The van der Waals surface area contributed by atoms with Gasteiger partial charge in [0.05, 0.1) is 5.75 Å². The van der Waals surface area contributed by atoms with Crippen LogP contribution in [0.2, 0.25) is 0 Å². The van der Waals surface area contributed by atoms with E-state index in [-0.39, 0.29) is 47.4 Å². The van der Waals surface area contributed by atoms with E-state index in [0.717, 1.165) is 0 Å². The van der Waals surface area contributed by atoms with Crippen LogP contribution in [0, 0.1) is 0 Å². The Kier molecular flexibility index (Phi) is 11.5. The lowest BCUT2D eigenvalue weighted by Gasteiger charge is -2.32. The van der Waals surface area contributed by atoms with Crippen LogP contribution in [0.15, 0.2) is 35.3 Å². The zero-order chi connectivity index (χ0) is 19.8. The van der Waals surface area contributed by atoms with Gasteiger partial charge < -0.3 is 16.0 Å². The van der Waals surface area contributed by atoms with E-state index in [2.05, 4.69) is 53.8 Å². The molecular weight excluding hydrogens is 475 g/mol. The van der Waals surface area contributed by atoms with Gasteiger partial charge in [0.1, 0.15) is 9.84 Å². The molecule has 0 fully saturated rings. The Morgan fingerprint density at radius 1 is 1.19 bits per heavy atom. The van der Waals surface area contributed by atoms with Gasteiger partial charge >= 0.3 is 0 Å². The molecule has 0 bridgehead atoms. The molecule has 1 aromatic carbocycles. The van der Waals surface area contributed by atoms with Crippen LogP contribution in [-0.2, 0) is 9.84 Å². The monoisotopic (exact) mass is 510 g/mol. The number of sulfone groups is 1. The lowest BCUT2D eigenvalue weighted by molar-refractivity contribution is 0.344.